The minimum absolute atomic E-state index is 0.0600. The van der Waals surface area contributed by atoms with Crippen LogP contribution in [0.15, 0.2) is 24.5 Å². The van der Waals surface area contributed by atoms with Gasteiger partial charge in [0.05, 0.1) is 6.20 Å². The minimum Gasteiger partial charge on any atom is -0.339 e. The number of carbonyl (C=O) groups excluding carboxylic acids is 1. The topological polar surface area (TPSA) is 59.2 Å². The van der Waals surface area contributed by atoms with Crippen molar-refractivity contribution in [2.45, 2.75) is 6.42 Å². The van der Waals surface area contributed by atoms with Gasteiger partial charge >= 0.3 is 0 Å². The van der Waals surface area contributed by atoms with E-state index in [1.54, 1.807) is 11.0 Å². The number of hydrogen-bond donors (Lipinski definition) is 1. The van der Waals surface area contributed by atoms with Gasteiger partial charge in [-0.1, -0.05) is 0 Å². The summed E-state index contributed by atoms with van der Waals surface area (Å²) in [5.74, 6) is -0.0673. The number of halogens is 1. The van der Waals surface area contributed by atoms with Crippen LogP contribution < -0.4 is 5.73 Å². The van der Waals surface area contributed by atoms with E-state index in [9.17, 15) is 9.18 Å². The zero-order valence-electron chi connectivity index (χ0n) is 10.1. The first-order valence-corrected chi connectivity index (χ1v) is 5.96. The summed E-state index contributed by atoms with van der Waals surface area (Å²) in [6.45, 7) is 2.06. The van der Waals surface area contributed by atoms with Crippen LogP contribution in [0.25, 0.3) is 6.08 Å². The minimum atomic E-state index is -0.408. The number of nitrogens with two attached hydrogens (primary N) is 1. The van der Waals surface area contributed by atoms with E-state index < -0.39 is 5.82 Å². The van der Waals surface area contributed by atoms with Crippen LogP contribution in [-0.4, -0.2) is 35.4 Å². The molecular formula is C13H16FN3O. The quantitative estimate of drug-likeness (QED) is 0.814. The molecule has 96 valence electrons. The maximum atomic E-state index is 12.9. The largest absolute Gasteiger partial charge is 0.339 e. The van der Waals surface area contributed by atoms with Gasteiger partial charge in [0.15, 0.2) is 0 Å². The molecule has 5 heteroatoms. The molecule has 1 saturated heterocycles. The summed E-state index contributed by atoms with van der Waals surface area (Å²) in [6.07, 6.45) is 6.63. The number of amides is 1. The Morgan fingerprint density at radius 2 is 2.44 bits per heavy atom. The summed E-state index contributed by atoms with van der Waals surface area (Å²) in [7, 11) is 0. The highest BCUT2D eigenvalue weighted by Gasteiger charge is 2.23. The predicted molar refractivity (Wildman–Crippen MR) is 67.0 cm³/mol. The molecule has 0 saturated carbocycles. The summed E-state index contributed by atoms with van der Waals surface area (Å²) < 4.78 is 12.9. The molecule has 0 spiro atoms. The van der Waals surface area contributed by atoms with Crippen LogP contribution in [0, 0.1) is 11.7 Å². The van der Waals surface area contributed by atoms with Gasteiger partial charge in [-0.2, -0.15) is 0 Å². The van der Waals surface area contributed by atoms with Crippen molar-refractivity contribution in [1.82, 2.24) is 9.88 Å². The lowest BCUT2D eigenvalue weighted by atomic mass is 10.1. The Kier molecular flexibility index (Phi) is 4.04. The van der Waals surface area contributed by atoms with Gasteiger partial charge in [0, 0.05) is 25.4 Å². The van der Waals surface area contributed by atoms with Crippen molar-refractivity contribution >= 4 is 12.0 Å². The highest BCUT2D eigenvalue weighted by atomic mass is 19.1. The fourth-order valence-corrected chi connectivity index (χ4v) is 2.02. The van der Waals surface area contributed by atoms with Crippen molar-refractivity contribution in [3.8, 4) is 0 Å². The van der Waals surface area contributed by atoms with Crippen molar-refractivity contribution in [3.05, 3.63) is 35.9 Å². The summed E-state index contributed by atoms with van der Waals surface area (Å²) in [4.78, 5) is 17.3. The monoisotopic (exact) mass is 249 g/mol. The number of nitrogens with zero attached hydrogens (tertiary/aromatic N) is 2. The van der Waals surface area contributed by atoms with Gasteiger partial charge < -0.3 is 10.6 Å². The summed E-state index contributed by atoms with van der Waals surface area (Å²) in [5, 5.41) is 0. The zero-order valence-corrected chi connectivity index (χ0v) is 10.1. The van der Waals surface area contributed by atoms with Crippen molar-refractivity contribution in [3.63, 3.8) is 0 Å². The number of likely N-dealkylation sites (tertiary alicyclic amines) is 1. The van der Waals surface area contributed by atoms with E-state index in [4.69, 9.17) is 5.73 Å². The standard InChI is InChI=1S/C13H16FN3O/c14-12-5-10(7-16-8-12)1-2-13(18)17-4-3-11(6-15)9-17/h1-2,5,7-8,11H,3-4,6,9,15H2. The number of aromatic nitrogens is 1. The first kappa shape index (κ1) is 12.7. The van der Waals surface area contributed by atoms with Crippen LogP contribution in [0.5, 0.6) is 0 Å². The number of pyridine rings is 1. The fourth-order valence-electron chi connectivity index (χ4n) is 2.02. The molecule has 1 aromatic heterocycles. The van der Waals surface area contributed by atoms with Crippen LogP contribution in [0.3, 0.4) is 0 Å². The Balaban J connectivity index is 1.95. The molecule has 1 atom stereocenters. The van der Waals surface area contributed by atoms with Crippen LogP contribution in [0.2, 0.25) is 0 Å². The van der Waals surface area contributed by atoms with Crippen LogP contribution in [0.4, 0.5) is 4.39 Å². The second-order valence-electron chi connectivity index (χ2n) is 4.44. The second kappa shape index (κ2) is 5.73. The molecule has 18 heavy (non-hydrogen) atoms. The Hall–Kier alpha value is -1.75. The second-order valence-corrected chi connectivity index (χ2v) is 4.44. The normalized spacial score (nSPS) is 19.7. The zero-order chi connectivity index (χ0) is 13.0. The molecule has 2 N–H and O–H groups in total. The maximum absolute atomic E-state index is 12.9. The summed E-state index contributed by atoms with van der Waals surface area (Å²) in [5.41, 5.74) is 6.15. The molecule has 1 aliphatic rings. The smallest absolute Gasteiger partial charge is 0.246 e. The van der Waals surface area contributed by atoms with Crippen molar-refractivity contribution < 1.29 is 9.18 Å². The maximum Gasteiger partial charge on any atom is 0.246 e. The Morgan fingerprint density at radius 3 is 3.11 bits per heavy atom. The number of rotatable bonds is 3. The molecule has 0 aromatic carbocycles. The highest BCUT2D eigenvalue weighted by Crippen LogP contribution is 2.15. The van der Waals surface area contributed by atoms with E-state index in [0.29, 0.717) is 24.6 Å². The van der Waals surface area contributed by atoms with Gasteiger partial charge in [-0.25, -0.2) is 4.39 Å². The van der Waals surface area contributed by atoms with Gasteiger partial charge in [0.25, 0.3) is 0 Å². The third kappa shape index (κ3) is 3.13. The van der Waals surface area contributed by atoms with E-state index in [1.165, 1.54) is 18.3 Å². The number of carbonyl (C=O) groups is 1. The highest BCUT2D eigenvalue weighted by molar-refractivity contribution is 5.91. The predicted octanol–water partition coefficient (Wildman–Crippen LogP) is 1.04. The van der Waals surface area contributed by atoms with E-state index in [-0.39, 0.29) is 5.91 Å². The van der Waals surface area contributed by atoms with Gasteiger partial charge in [-0.05, 0) is 36.6 Å². The molecular weight excluding hydrogens is 233 g/mol. The molecule has 1 aliphatic heterocycles. The van der Waals surface area contributed by atoms with Crippen molar-refractivity contribution in [2.75, 3.05) is 19.6 Å². The van der Waals surface area contributed by atoms with E-state index in [1.807, 2.05) is 0 Å². The van der Waals surface area contributed by atoms with Crippen molar-refractivity contribution in [1.29, 1.82) is 0 Å². The molecule has 2 rings (SSSR count). The Labute approximate surface area is 105 Å². The summed E-state index contributed by atoms with van der Waals surface area (Å²) >= 11 is 0. The molecule has 1 amide bonds. The molecule has 4 nitrogen and oxygen atoms in total. The lowest BCUT2D eigenvalue weighted by molar-refractivity contribution is -0.125. The first-order valence-electron chi connectivity index (χ1n) is 5.96. The van der Waals surface area contributed by atoms with E-state index in [2.05, 4.69) is 4.98 Å². The van der Waals surface area contributed by atoms with Gasteiger partial charge in [-0.3, -0.25) is 9.78 Å². The van der Waals surface area contributed by atoms with Gasteiger partial charge in [0.2, 0.25) is 5.91 Å². The van der Waals surface area contributed by atoms with E-state index >= 15 is 0 Å². The summed E-state index contributed by atoms with van der Waals surface area (Å²) in [6, 6.07) is 1.34. The average Bonchev–Trinajstić information content (AvgIpc) is 2.85. The van der Waals surface area contributed by atoms with Crippen LogP contribution in [-0.2, 0) is 4.79 Å². The third-order valence-electron chi connectivity index (χ3n) is 3.08. The lowest BCUT2D eigenvalue weighted by Crippen LogP contribution is -2.28. The molecule has 0 radical (unpaired) electrons. The molecule has 1 unspecified atom stereocenters. The Bertz CT molecular complexity index is 461. The fraction of sp³-hybridized carbons (Fsp3) is 0.385. The van der Waals surface area contributed by atoms with Crippen molar-refractivity contribution in [2.24, 2.45) is 11.7 Å². The average molecular weight is 249 g/mol. The molecule has 2 heterocycles. The molecule has 0 bridgehead atoms. The lowest BCUT2D eigenvalue weighted by Gasteiger charge is -2.13. The van der Waals surface area contributed by atoms with Gasteiger partial charge in [0.1, 0.15) is 5.82 Å². The van der Waals surface area contributed by atoms with Gasteiger partial charge in [-0.15, -0.1) is 0 Å². The molecule has 1 aromatic rings. The molecule has 1 fully saturated rings. The third-order valence-corrected chi connectivity index (χ3v) is 3.08. The Morgan fingerprint density at radius 1 is 1.61 bits per heavy atom. The van der Waals surface area contributed by atoms with E-state index in [0.717, 1.165) is 19.2 Å². The number of hydrogen-bond acceptors (Lipinski definition) is 3. The van der Waals surface area contributed by atoms with Crippen LogP contribution >= 0.6 is 0 Å². The van der Waals surface area contributed by atoms with Crippen LogP contribution in [0.1, 0.15) is 12.0 Å². The molecule has 0 aliphatic carbocycles. The SMILES string of the molecule is NCC1CCN(C(=O)C=Cc2cncc(F)c2)C1. The first-order chi connectivity index (χ1) is 8.69.